The molecule has 1 aliphatic rings. The van der Waals surface area contributed by atoms with E-state index in [9.17, 15) is 9.59 Å². The first-order valence-corrected chi connectivity index (χ1v) is 15.8. The second-order valence-electron chi connectivity index (χ2n) is 13.1. The van der Waals surface area contributed by atoms with Crippen molar-refractivity contribution >= 4 is 40.0 Å². The Morgan fingerprint density at radius 1 is 0.825 bits per heavy atom. The van der Waals surface area contributed by atoms with E-state index >= 15 is 0 Å². The average Bonchev–Trinajstić information content (AvgIpc) is 3.18. The van der Waals surface area contributed by atoms with Crippen LogP contribution in [-0.4, -0.2) is 29.4 Å². The summed E-state index contributed by atoms with van der Waals surface area (Å²) in [6.07, 6.45) is 4.82. The maximum Gasteiger partial charge on any atom is 0.247 e. The smallest absolute Gasteiger partial charge is 0.247 e. The molecular formula is C35H46N2O2S. The zero-order chi connectivity index (χ0) is 28.9. The van der Waals surface area contributed by atoms with Crippen molar-refractivity contribution in [2.45, 2.75) is 96.3 Å². The van der Waals surface area contributed by atoms with Gasteiger partial charge in [-0.25, -0.2) is 4.90 Å². The summed E-state index contributed by atoms with van der Waals surface area (Å²) in [5.74, 6) is 0.753. The number of amides is 2. The van der Waals surface area contributed by atoms with E-state index in [0.29, 0.717) is 12.1 Å². The third-order valence-electron chi connectivity index (χ3n) is 7.73. The number of rotatable bonds is 11. The van der Waals surface area contributed by atoms with Crippen LogP contribution in [0, 0.1) is 0 Å². The van der Waals surface area contributed by atoms with Gasteiger partial charge in [-0.05, 0) is 64.1 Å². The minimum absolute atomic E-state index is 0.0688. The molecule has 0 aromatic heterocycles. The van der Waals surface area contributed by atoms with Gasteiger partial charge in [-0.15, -0.1) is 11.8 Å². The Morgan fingerprint density at radius 2 is 1.48 bits per heavy atom. The van der Waals surface area contributed by atoms with E-state index in [1.807, 2.05) is 42.5 Å². The van der Waals surface area contributed by atoms with Crippen LogP contribution in [0.1, 0.15) is 90.3 Å². The van der Waals surface area contributed by atoms with E-state index in [-0.39, 0.29) is 27.9 Å². The number of carbonyl (C=O) groups excluding carboxylic acids is 2. The van der Waals surface area contributed by atoms with Gasteiger partial charge >= 0.3 is 0 Å². The first-order valence-electron chi connectivity index (χ1n) is 14.8. The number of unbranched alkanes of at least 4 members (excludes halogenated alkanes) is 3. The van der Waals surface area contributed by atoms with Crippen molar-refractivity contribution in [3.63, 3.8) is 0 Å². The van der Waals surface area contributed by atoms with Crippen molar-refractivity contribution in [1.82, 2.24) is 5.32 Å². The molecule has 1 N–H and O–H groups in total. The minimum Gasteiger partial charge on any atom is -0.313 e. The van der Waals surface area contributed by atoms with Crippen LogP contribution in [0.5, 0.6) is 0 Å². The molecule has 214 valence electrons. The number of benzene rings is 3. The van der Waals surface area contributed by atoms with E-state index in [4.69, 9.17) is 0 Å². The van der Waals surface area contributed by atoms with Crippen LogP contribution in [0.3, 0.4) is 0 Å². The Bertz CT molecular complexity index is 1300. The van der Waals surface area contributed by atoms with Crippen molar-refractivity contribution in [2.75, 3.05) is 17.2 Å². The van der Waals surface area contributed by atoms with Crippen molar-refractivity contribution in [2.24, 2.45) is 0 Å². The van der Waals surface area contributed by atoms with Crippen LogP contribution >= 0.6 is 11.8 Å². The first-order chi connectivity index (χ1) is 18.9. The second-order valence-corrected chi connectivity index (χ2v) is 14.4. The van der Waals surface area contributed by atoms with Crippen LogP contribution in [0.15, 0.2) is 60.7 Å². The van der Waals surface area contributed by atoms with Gasteiger partial charge in [0.2, 0.25) is 11.8 Å². The third kappa shape index (κ3) is 7.55. The molecule has 3 aromatic carbocycles. The predicted octanol–water partition coefficient (Wildman–Crippen LogP) is 8.15. The third-order valence-corrected chi connectivity index (χ3v) is 9.03. The lowest BCUT2D eigenvalue weighted by Gasteiger charge is -2.26. The van der Waals surface area contributed by atoms with Crippen LogP contribution in [0.4, 0.5) is 5.69 Å². The van der Waals surface area contributed by atoms with Gasteiger partial charge in [0.15, 0.2) is 0 Å². The average molecular weight is 559 g/mol. The molecular weight excluding hydrogens is 512 g/mol. The van der Waals surface area contributed by atoms with Gasteiger partial charge < -0.3 is 5.32 Å². The fraction of sp³-hybridized carbons (Fsp3) is 0.486. The number of imide groups is 1. The van der Waals surface area contributed by atoms with Gasteiger partial charge in [0.25, 0.3) is 0 Å². The van der Waals surface area contributed by atoms with Crippen molar-refractivity contribution in [3.8, 4) is 0 Å². The summed E-state index contributed by atoms with van der Waals surface area (Å²) in [5.41, 5.74) is 5.15. The lowest BCUT2D eigenvalue weighted by Crippen LogP contribution is -2.31. The zero-order valence-electron chi connectivity index (χ0n) is 25.2. The molecule has 1 saturated heterocycles. The maximum absolute atomic E-state index is 13.1. The van der Waals surface area contributed by atoms with Gasteiger partial charge in [0.05, 0.1) is 10.9 Å². The monoisotopic (exact) mass is 558 g/mol. The van der Waals surface area contributed by atoms with Crippen molar-refractivity contribution in [3.05, 3.63) is 77.4 Å². The molecule has 3 aromatic rings. The molecule has 1 fully saturated rings. The topological polar surface area (TPSA) is 49.4 Å². The van der Waals surface area contributed by atoms with Gasteiger partial charge in [-0.1, -0.05) is 109 Å². The number of fused-ring (bicyclic) bond motifs is 1. The molecule has 0 spiro atoms. The Labute approximate surface area is 245 Å². The molecule has 4 rings (SSSR count). The van der Waals surface area contributed by atoms with Gasteiger partial charge in [0, 0.05) is 18.4 Å². The van der Waals surface area contributed by atoms with Crippen LogP contribution < -0.4 is 10.2 Å². The summed E-state index contributed by atoms with van der Waals surface area (Å²) in [4.78, 5) is 27.3. The summed E-state index contributed by atoms with van der Waals surface area (Å²) in [6.45, 7) is 15.6. The largest absolute Gasteiger partial charge is 0.313 e. The molecule has 0 bridgehead atoms. The standard InChI is InChI=1S/C35H46N2O2S/c1-34(2,3)27-20-25(21-28(22-27)35(4,5)6)24-36-18-11-7-8-12-19-40-31-23-32(38)37(33(31)39)30-17-13-15-26-14-9-10-16-29(26)30/h9-10,13-17,20-22,31,36H,7-8,11-12,18-19,23-24H2,1-6H3. The molecule has 1 aliphatic heterocycles. The quantitative estimate of drug-likeness (QED) is 0.191. The molecule has 1 atom stereocenters. The SMILES string of the molecule is CC(C)(C)c1cc(CNCCCCCCSC2CC(=O)N(c3cccc4ccccc34)C2=O)cc(C(C)(C)C)c1. The maximum atomic E-state index is 13.1. The summed E-state index contributed by atoms with van der Waals surface area (Å²) >= 11 is 1.64. The van der Waals surface area contributed by atoms with Crippen molar-refractivity contribution in [1.29, 1.82) is 0 Å². The minimum atomic E-state index is -0.269. The fourth-order valence-corrected chi connectivity index (χ4v) is 6.38. The molecule has 2 amide bonds. The number of hydrogen-bond donors (Lipinski definition) is 1. The highest BCUT2D eigenvalue weighted by Gasteiger charge is 2.40. The molecule has 40 heavy (non-hydrogen) atoms. The molecule has 4 nitrogen and oxygen atoms in total. The van der Waals surface area contributed by atoms with Gasteiger partial charge in [-0.3, -0.25) is 9.59 Å². The molecule has 5 heteroatoms. The van der Waals surface area contributed by atoms with Gasteiger partial charge in [0.1, 0.15) is 0 Å². The Morgan fingerprint density at radius 3 is 2.17 bits per heavy atom. The zero-order valence-corrected chi connectivity index (χ0v) is 26.0. The normalized spacial score (nSPS) is 16.4. The van der Waals surface area contributed by atoms with E-state index < -0.39 is 0 Å². The number of nitrogens with zero attached hydrogens (tertiary/aromatic N) is 1. The molecule has 0 radical (unpaired) electrons. The highest BCUT2D eigenvalue weighted by molar-refractivity contribution is 8.00. The first kappa shape index (κ1) is 30.3. The van der Waals surface area contributed by atoms with E-state index in [1.54, 1.807) is 11.8 Å². The predicted molar refractivity (Wildman–Crippen MR) is 171 cm³/mol. The highest BCUT2D eigenvalue weighted by atomic mass is 32.2. The van der Waals surface area contributed by atoms with Gasteiger partial charge in [-0.2, -0.15) is 0 Å². The number of carbonyl (C=O) groups is 2. The number of anilines is 1. The van der Waals surface area contributed by atoms with Crippen molar-refractivity contribution < 1.29 is 9.59 Å². The Hall–Kier alpha value is -2.63. The summed E-state index contributed by atoms with van der Waals surface area (Å²) < 4.78 is 0. The second kappa shape index (κ2) is 12.9. The lowest BCUT2D eigenvalue weighted by atomic mass is 9.79. The number of nitrogens with one attached hydrogen (secondary N) is 1. The fourth-order valence-electron chi connectivity index (χ4n) is 5.21. The Balaban J connectivity index is 1.17. The van der Waals surface area contributed by atoms with Crippen LogP contribution in [0.2, 0.25) is 0 Å². The number of hydrogen-bond acceptors (Lipinski definition) is 4. The Kier molecular flexibility index (Phi) is 9.79. The van der Waals surface area contributed by atoms with Crippen LogP contribution in [-0.2, 0) is 27.0 Å². The van der Waals surface area contributed by atoms with E-state index in [2.05, 4.69) is 65.1 Å². The lowest BCUT2D eigenvalue weighted by molar-refractivity contribution is -0.121. The molecule has 1 heterocycles. The van der Waals surface area contributed by atoms with Crippen LogP contribution in [0.25, 0.3) is 10.8 Å². The summed E-state index contributed by atoms with van der Waals surface area (Å²) in [7, 11) is 0. The molecule has 0 aliphatic carbocycles. The molecule has 1 unspecified atom stereocenters. The highest BCUT2D eigenvalue weighted by Crippen LogP contribution is 2.34. The molecule has 0 saturated carbocycles. The van der Waals surface area contributed by atoms with E-state index in [1.165, 1.54) is 28.0 Å². The van der Waals surface area contributed by atoms with E-state index in [0.717, 1.165) is 48.9 Å². The number of thioether (sulfide) groups is 1. The summed E-state index contributed by atoms with van der Waals surface area (Å²) in [6, 6.07) is 20.8. The summed E-state index contributed by atoms with van der Waals surface area (Å²) in [5, 5.41) is 5.36.